The van der Waals surface area contributed by atoms with Gasteiger partial charge in [-0.05, 0) is 29.5 Å². The van der Waals surface area contributed by atoms with E-state index in [2.05, 4.69) is 11.9 Å². The van der Waals surface area contributed by atoms with Crippen LogP contribution in [-0.4, -0.2) is 27.2 Å². The average Bonchev–Trinajstić information content (AvgIpc) is 3.22. The Labute approximate surface area is 168 Å². The molecule has 4 aromatic rings. The second kappa shape index (κ2) is 8.35. The van der Waals surface area contributed by atoms with Crippen LogP contribution >= 0.6 is 11.8 Å². The predicted molar refractivity (Wildman–Crippen MR) is 112 cm³/mol. The fraction of sp³-hybridized carbons (Fsp3) is 0.182. The lowest BCUT2D eigenvalue weighted by atomic mass is 10.1. The summed E-state index contributed by atoms with van der Waals surface area (Å²) in [4.78, 5) is 9.25. The molecule has 0 spiro atoms. The Morgan fingerprint density at radius 3 is 2.68 bits per heavy atom. The molecular formula is C22H21N3O2S. The molecular weight excluding hydrogens is 370 g/mol. The molecule has 0 fully saturated rings. The van der Waals surface area contributed by atoms with Crippen molar-refractivity contribution in [2.45, 2.75) is 18.7 Å². The van der Waals surface area contributed by atoms with Crippen LogP contribution < -0.4 is 9.47 Å². The van der Waals surface area contributed by atoms with Gasteiger partial charge in [-0.2, -0.15) is 0 Å². The maximum absolute atomic E-state index is 5.96. The Balaban J connectivity index is 1.64. The van der Waals surface area contributed by atoms with E-state index in [1.54, 1.807) is 25.1 Å². The van der Waals surface area contributed by atoms with E-state index < -0.39 is 0 Å². The summed E-state index contributed by atoms with van der Waals surface area (Å²) in [5.41, 5.74) is 3.82. The zero-order valence-electron chi connectivity index (χ0n) is 15.8. The van der Waals surface area contributed by atoms with E-state index in [4.69, 9.17) is 14.5 Å². The van der Waals surface area contributed by atoms with Gasteiger partial charge < -0.3 is 9.47 Å². The Kier molecular flexibility index (Phi) is 5.48. The van der Waals surface area contributed by atoms with Crippen LogP contribution in [0.2, 0.25) is 0 Å². The summed E-state index contributed by atoms with van der Waals surface area (Å²) < 4.78 is 13.5. The van der Waals surface area contributed by atoms with E-state index in [1.165, 1.54) is 0 Å². The minimum atomic E-state index is 0.492. The largest absolute Gasteiger partial charge is 0.493 e. The van der Waals surface area contributed by atoms with Crippen molar-refractivity contribution in [2.75, 3.05) is 12.9 Å². The van der Waals surface area contributed by atoms with Crippen molar-refractivity contribution in [2.24, 2.45) is 0 Å². The Hall–Kier alpha value is -2.99. The van der Waals surface area contributed by atoms with Gasteiger partial charge in [-0.3, -0.25) is 4.40 Å². The first kappa shape index (κ1) is 18.4. The number of methoxy groups -OCH3 is 1. The van der Waals surface area contributed by atoms with E-state index in [1.807, 2.05) is 65.2 Å². The summed E-state index contributed by atoms with van der Waals surface area (Å²) in [5.74, 6) is 2.34. The second-order valence-electron chi connectivity index (χ2n) is 6.15. The van der Waals surface area contributed by atoms with Crippen molar-refractivity contribution in [1.29, 1.82) is 0 Å². The van der Waals surface area contributed by atoms with Gasteiger partial charge in [-0.15, -0.1) is 0 Å². The molecule has 0 saturated heterocycles. The summed E-state index contributed by atoms with van der Waals surface area (Å²) in [6, 6.07) is 18.0. The first-order chi connectivity index (χ1) is 13.8. The van der Waals surface area contributed by atoms with E-state index in [0.717, 1.165) is 33.4 Å². The van der Waals surface area contributed by atoms with Gasteiger partial charge in [0.25, 0.3) is 0 Å². The van der Waals surface area contributed by atoms with Gasteiger partial charge in [0.05, 0.1) is 12.8 Å². The van der Waals surface area contributed by atoms with Crippen molar-refractivity contribution in [1.82, 2.24) is 14.4 Å². The van der Waals surface area contributed by atoms with Crippen molar-refractivity contribution in [3.8, 4) is 22.8 Å². The minimum Gasteiger partial charge on any atom is -0.493 e. The predicted octanol–water partition coefficient (Wildman–Crippen LogP) is 5.10. The van der Waals surface area contributed by atoms with Crippen LogP contribution in [0.4, 0.5) is 0 Å². The zero-order chi connectivity index (χ0) is 19.3. The summed E-state index contributed by atoms with van der Waals surface area (Å²) in [7, 11) is 1.65. The van der Waals surface area contributed by atoms with Crippen LogP contribution in [-0.2, 0) is 6.61 Å². The first-order valence-electron chi connectivity index (χ1n) is 9.10. The van der Waals surface area contributed by atoms with Gasteiger partial charge in [0, 0.05) is 24.0 Å². The van der Waals surface area contributed by atoms with Gasteiger partial charge >= 0.3 is 0 Å². The van der Waals surface area contributed by atoms with Crippen LogP contribution in [0.15, 0.2) is 72.1 Å². The third kappa shape index (κ3) is 3.82. The SMILES string of the molecule is CCSc1nc(-c2ccc(OCc3ccccc3)c(OC)c2)cc2nccn12. The Morgan fingerprint density at radius 1 is 1.04 bits per heavy atom. The number of benzene rings is 2. The zero-order valence-corrected chi connectivity index (χ0v) is 16.6. The molecule has 0 N–H and O–H groups in total. The normalized spacial score (nSPS) is 10.9. The highest BCUT2D eigenvalue weighted by Crippen LogP contribution is 2.33. The molecule has 2 heterocycles. The molecule has 2 aromatic heterocycles. The highest BCUT2D eigenvalue weighted by atomic mass is 32.2. The fourth-order valence-corrected chi connectivity index (χ4v) is 3.67. The van der Waals surface area contributed by atoms with Crippen molar-refractivity contribution in [3.05, 3.63) is 72.6 Å². The Bertz CT molecular complexity index is 1080. The number of imidazole rings is 1. The maximum atomic E-state index is 5.96. The topological polar surface area (TPSA) is 48.7 Å². The number of ether oxygens (including phenoxy) is 2. The molecule has 0 radical (unpaired) electrons. The molecule has 0 aliphatic heterocycles. The van der Waals surface area contributed by atoms with E-state index in [9.17, 15) is 0 Å². The molecule has 0 bridgehead atoms. The highest BCUT2D eigenvalue weighted by molar-refractivity contribution is 7.99. The van der Waals surface area contributed by atoms with Crippen molar-refractivity contribution in [3.63, 3.8) is 0 Å². The molecule has 5 nitrogen and oxygen atoms in total. The number of hydrogen-bond donors (Lipinski definition) is 0. The molecule has 2 aromatic carbocycles. The molecule has 28 heavy (non-hydrogen) atoms. The summed E-state index contributed by atoms with van der Waals surface area (Å²) >= 11 is 1.69. The van der Waals surface area contributed by atoms with Gasteiger partial charge in [0.2, 0.25) is 0 Å². The van der Waals surface area contributed by atoms with E-state index >= 15 is 0 Å². The van der Waals surface area contributed by atoms with Crippen molar-refractivity contribution >= 4 is 17.4 Å². The number of thioether (sulfide) groups is 1. The van der Waals surface area contributed by atoms with Crippen molar-refractivity contribution < 1.29 is 9.47 Å². The third-order valence-electron chi connectivity index (χ3n) is 4.33. The lowest BCUT2D eigenvalue weighted by Crippen LogP contribution is -1.99. The molecule has 4 rings (SSSR count). The van der Waals surface area contributed by atoms with Gasteiger partial charge in [0.1, 0.15) is 12.3 Å². The first-order valence-corrected chi connectivity index (χ1v) is 10.1. The van der Waals surface area contributed by atoms with Crippen LogP contribution in [0.1, 0.15) is 12.5 Å². The second-order valence-corrected chi connectivity index (χ2v) is 7.38. The van der Waals surface area contributed by atoms with Gasteiger partial charge in [0.15, 0.2) is 16.7 Å². The molecule has 0 aliphatic rings. The number of rotatable bonds is 7. The Morgan fingerprint density at radius 2 is 1.89 bits per heavy atom. The average molecular weight is 391 g/mol. The number of hydrogen-bond acceptors (Lipinski definition) is 5. The molecule has 6 heteroatoms. The highest BCUT2D eigenvalue weighted by Gasteiger charge is 2.12. The van der Waals surface area contributed by atoms with E-state index in [-0.39, 0.29) is 0 Å². The third-order valence-corrected chi connectivity index (χ3v) is 5.16. The summed E-state index contributed by atoms with van der Waals surface area (Å²) in [6.45, 7) is 2.61. The molecule has 0 saturated carbocycles. The van der Waals surface area contributed by atoms with E-state index in [0.29, 0.717) is 18.1 Å². The number of nitrogens with zero attached hydrogens (tertiary/aromatic N) is 3. The maximum Gasteiger partial charge on any atom is 0.174 e. The van der Waals surface area contributed by atoms with Crippen LogP contribution in [0.3, 0.4) is 0 Å². The number of fused-ring (bicyclic) bond motifs is 1. The smallest absolute Gasteiger partial charge is 0.174 e. The van der Waals surface area contributed by atoms with Crippen LogP contribution in [0, 0.1) is 0 Å². The molecule has 0 aliphatic carbocycles. The number of aromatic nitrogens is 3. The molecule has 0 unspecified atom stereocenters. The van der Waals surface area contributed by atoms with Gasteiger partial charge in [-0.25, -0.2) is 9.97 Å². The summed E-state index contributed by atoms with van der Waals surface area (Å²) in [5, 5.41) is 0.927. The minimum absolute atomic E-state index is 0.492. The monoisotopic (exact) mass is 391 g/mol. The molecule has 142 valence electrons. The standard InChI is InChI=1S/C22H21N3O2S/c1-3-28-22-24-18(14-21-23-11-12-25(21)22)17-9-10-19(20(13-17)26-2)27-15-16-7-5-4-6-8-16/h4-14H,3,15H2,1-2H3. The van der Waals surface area contributed by atoms with Gasteiger partial charge in [-0.1, -0.05) is 49.0 Å². The quantitative estimate of drug-likeness (QED) is 0.324. The fourth-order valence-electron chi connectivity index (χ4n) is 2.96. The molecule has 0 amide bonds. The lowest BCUT2D eigenvalue weighted by molar-refractivity contribution is 0.284. The van der Waals surface area contributed by atoms with Crippen LogP contribution in [0.25, 0.3) is 16.9 Å². The summed E-state index contributed by atoms with van der Waals surface area (Å²) in [6.07, 6.45) is 3.73. The molecule has 0 atom stereocenters. The van der Waals surface area contributed by atoms with Crippen LogP contribution in [0.5, 0.6) is 11.5 Å². The lowest BCUT2D eigenvalue weighted by Gasteiger charge is -2.13.